The van der Waals surface area contributed by atoms with Crippen LogP contribution in [0.3, 0.4) is 0 Å². The first-order valence-corrected chi connectivity index (χ1v) is 9.92. The molecule has 1 aromatic carbocycles. The average Bonchev–Trinajstić information content (AvgIpc) is 2.84. The molecule has 2 saturated heterocycles. The van der Waals surface area contributed by atoms with Gasteiger partial charge in [0, 0.05) is 27.5 Å². The van der Waals surface area contributed by atoms with Crippen molar-refractivity contribution in [3.8, 4) is 0 Å². The van der Waals surface area contributed by atoms with E-state index in [2.05, 4.69) is 51.8 Å². The molecule has 3 nitrogen and oxygen atoms in total. The predicted octanol–water partition coefficient (Wildman–Crippen LogP) is 4.03. The van der Waals surface area contributed by atoms with E-state index in [-0.39, 0.29) is 17.8 Å². The highest BCUT2D eigenvalue weighted by molar-refractivity contribution is 14.1. The van der Waals surface area contributed by atoms with Gasteiger partial charge in [-0.15, -0.1) is 11.6 Å². The van der Waals surface area contributed by atoms with Crippen LogP contribution in [-0.2, 0) is 9.53 Å². The number of hydrogen-bond acceptors (Lipinski definition) is 3. The van der Waals surface area contributed by atoms with Crippen LogP contribution in [0.4, 0.5) is 0 Å². The normalized spacial score (nSPS) is 30.4. The van der Waals surface area contributed by atoms with Crippen molar-refractivity contribution >= 4 is 40.2 Å². The Hall–Kier alpha value is -0.330. The number of nitrogens with zero attached hydrogens (tertiary/aromatic N) is 1. The summed E-state index contributed by atoms with van der Waals surface area (Å²) in [6.45, 7) is 0.992. The SMILES string of the molecule is COC(=O)[C@@H]1C2CCC(C[C@@H]1c1ccc(I)cc1)N2CCCCl. The molecular weight excluding hydrogens is 425 g/mol. The summed E-state index contributed by atoms with van der Waals surface area (Å²) >= 11 is 8.20. The first-order valence-electron chi connectivity index (χ1n) is 8.30. The molecule has 4 atom stereocenters. The second-order valence-corrected chi connectivity index (χ2v) is 8.15. The van der Waals surface area contributed by atoms with Crippen LogP contribution in [0.2, 0.25) is 0 Å². The molecule has 23 heavy (non-hydrogen) atoms. The van der Waals surface area contributed by atoms with Gasteiger partial charge in [-0.05, 0) is 72.5 Å². The number of fused-ring (bicyclic) bond motifs is 2. The van der Waals surface area contributed by atoms with Crippen molar-refractivity contribution in [2.75, 3.05) is 19.5 Å². The molecule has 2 bridgehead atoms. The first kappa shape index (κ1) is 17.5. The van der Waals surface area contributed by atoms with Crippen LogP contribution in [0.5, 0.6) is 0 Å². The lowest BCUT2D eigenvalue weighted by atomic mass is 9.76. The molecule has 0 radical (unpaired) electrons. The van der Waals surface area contributed by atoms with E-state index in [9.17, 15) is 4.79 Å². The zero-order chi connectivity index (χ0) is 16.4. The fraction of sp³-hybridized carbons (Fsp3) is 0.611. The summed E-state index contributed by atoms with van der Waals surface area (Å²) in [6, 6.07) is 9.49. The van der Waals surface area contributed by atoms with Crippen LogP contribution < -0.4 is 0 Å². The molecule has 0 amide bonds. The maximum Gasteiger partial charge on any atom is 0.310 e. The number of piperidine rings is 1. The molecule has 5 heteroatoms. The van der Waals surface area contributed by atoms with Gasteiger partial charge in [0.15, 0.2) is 0 Å². The third-order valence-electron chi connectivity index (χ3n) is 5.39. The molecule has 2 heterocycles. The molecule has 0 N–H and O–H groups in total. The summed E-state index contributed by atoms with van der Waals surface area (Å²) in [7, 11) is 1.51. The van der Waals surface area contributed by atoms with E-state index >= 15 is 0 Å². The maximum absolute atomic E-state index is 12.5. The molecule has 2 aliphatic heterocycles. The number of rotatable bonds is 5. The molecule has 2 aliphatic rings. The highest BCUT2D eigenvalue weighted by Crippen LogP contribution is 2.47. The molecule has 0 aromatic heterocycles. The lowest BCUT2D eigenvalue weighted by Gasteiger charge is -2.43. The number of ether oxygens (including phenoxy) is 1. The Morgan fingerprint density at radius 2 is 2.09 bits per heavy atom. The van der Waals surface area contributed by atoms with Crippen molar-refractivity contribution < 1.29 is 9.53 Å². The zero-order valence-corrected chi connectivity index (χ0v) is 16.3. The van der Waals surface area contributed by atoms with Gasteiger partial charge in [-0.1, -0.05) is 12.1 Å². The minimum atomic E-state index is -0.0610. The van der Waals surface area contributed by atoms with E-state index in [1.54, 1.807) is 0 Å². The molecular formula is C18H23ClINO2. The molecule has 2 fully saturated rings. The molecule has 126 valence electrons. The predicted molar refractivity (Wildman–Crippen MR) is 101 cm³/mol. The van der Waals surface area contributed by atoms with Crippen molar-refractivity contribution in [2.45, 2.75) is 43.7 Å². The topological polar surface area (TPSA) is 29.5 Å². The summed E-state index contributed by atoms with van der Waals surface area (Å²) in [5, 5.41) is 0. The van der Waals surface area contributed by atoms with Crippen LogP contribution in [0.15, 0.2) is 24.3 Å². The Balaban J connectivity index is 1.88. The molecule has 2 unspecified atom stereocenters. The fourth-order valence-electron chi connectivity index (χ4n) is 4.41. The largest absolute Gasteiger partial charge is 0.469 e. The third-order valence-corrected chi connectivity index (χ3v) is 6.37. The number of carbonyl (C=O) groups is 1. The standard InChI is InChI=1S/C18H23ClINO2/c1-23-18(22)17-15(12-3-5-13(20)6-4-12)11-14-7-8-16(17)21(14)10-2-9-19/h3-6,14-17H,2,7-11H2,1H3/t14?,15-,16?,17+/m1/s1. The van der Waals surface area contributed by atoms with Gasteiger partial charge in [-0.25, -0.2) is 0 Å². The lowest BCUT2D eigenvalue weighted by Crippen LogP contribution is -2.51. The molecule has 0 aliphatic carbocycles. The van der Waals surface area contributed by atoms with Crippen molar-refractivity contribution in [2.24, 2.45) is 5.92 Å². The Bertz CT molecular complexity index is 550. The third kappa shape index (κ3) is 3.54. The number of esters is 1. The molecule has 3 rings (SSSR count). The monoisotopic (exact) mass is 447 g/mol. The number of carbonyl (C=O) groups excluding carboxylic acids is 1. The van der Waals surface area contributed by atoms with E-state index in [4.69, 9.17) is 16.3 Å². The lowest BCUT2D eigenvalue weighted by molar-refractivity contribution is -0.150. The van der Waals surface area contributed by atoms with Crippen molar-refractivity contribution in [3.63, 3.8) is 0 Å². The van der Waals surface area contributed by atoms with Crippen LogP contribution in [0, 0.1) is 9.49 Å². The van der Waals surface area contributed by atoms with Gasteiger partial charge in [0.2, 0.25) is 0 Å². The minimum Gasteiger partial charge on any atom is -0.469 e. The number of methoxy groups -OCH3 is 1. The van der Waals surface area contributed by atoms with Crippen LogP contribution in [0.25, 0.3) is 0 Å². The van der Waals surface area contributed by atoms with Crippen molar-refractivity contribution in [3.05, 3.63) is 33.4 Å². The van der Waals surface area contributed by atoms with E-state index in [1.165, 1.54) is 22.7 Å². The van der Waals surface area contributed by atoms with Gasteiger partial charge >= 0.3 is 5.97 Å². The van der Waals surface area contributed by atoms with E-state index in [0.29, 0.717) is 18.0 Å². The summed E-state index contributed by atoms with van der Waals surface area (Å²) in [6.07, 6.45) is 4.30. The van der Waals surface area contributed by atoms with Gasteiger partial charge in [-0.2, -0.15) is 0 Å². The van der Waals surface area contributed by atoms with E-state index < -0.39 is 0 Å². The average molecular weight is 448 g/mol. The Morgan fingerprint density at radius 3 is 2.74 bits per heavy atom. The maximum atomic E-state index is 12.5. The number of halogens is 2. The number of benzene rings is 1. The Labute approximate surface area is 156 Å². The second kappa shape index (κ2) is 7.70. The van der Waals surface area contributed by atoms with Gasteiger partial charge in [0.25, 0.3) is 0 Å². The van der Waals surface area contributed by atoms with Gasteiger partial charge in [0.1, 0.15) is 0 Å². The minimum absolute atomic E-state index is 0.0604. The molecule has 0 saturated carbocycles. The van der Waals surface area contributed by atoms with E-state index in [0.717, 1.165) is 25.8 Å². The summed E-state index contributed by atoms with van der Waals surface area (Å²) in [5.41, 5.74) is 1.27. The van der Waals surface area contributed by atoms with Crippen molar-refractivity contribution in [1.29, 1.82) is 0 Å². The Kier molecular flexibility index (Phi) is 5.86. The van der Waals surface area contributed by atoms with Gasteiger partial charge in [0.05, 0.1) is 13.0 Å². The fourth-order valence-corrected chi connectivity index (χ4v) is 4.89. The van der Waals surface area contributed by atoms with Crippen LogP contribution in [0.1, 0.15) is 37.2 Å². The smallest absolute Gasteiger partial charge is 0.310 e. The second-order valence-electron chi connectivity index (χ2n) is 6.52. The highest BCUT2D eigenvalue weighted by atomic mass is 127. The van der Waals surface area contributed by atoms with Crippen LogP contribution in [-0.4, -0.2) is 42.5 Å². The number of alkyl halides is 1. The summed E-state index contributed by atoms with van der Waals surface area (Å²) in [5.74, 6) is 0.826. The Morgan fingerprint density at radius 1 is 1.35 bits per heavy atom. The van der Waals surface area contributed by atoms with Gasteiger partial charge in [-0.3, -0.25) is 9.69 Å². The quantitative estimate of drug-likeness (QED) is 0.388. The molecule has 1 aromatic rings. The highest BCUT2D eigenvalue weighted by Gasteiger charge is 2.50. The molecule has 0 spiro atoms. The summed E-state index contributed by atoms with van der Waals surface area (Å²) in [4.78, 5) is 15.1. The zero-order valence-electron chi connectivity index (χ0n) is 13.4. The van der Waals surface area contributed by atoms with Crippen LogP contribution >= 0.6 is 34.2 Å². The number of hydrogen-bond donors (Lipinski definition) is 0. The summed E-state index contributed by atoms with van der Waals surface area (Å²) < 4.78 is 6.40. The van der Waals surface area contributed by atoms with Gasteiger partial charge < -0.3 is 4.74 Å². The van der Waals surface area contributed by atoms with E-state index in [1.807, 2.05) is 0 Å². The van der Waals surface area contributed by atoms with Crippen molar-refractivity contribution in [1.82, 2.24) is 4.90 Å². The first-order chi connectivity index (χ1) is 11.2.